The van der Waals surface area contributed by atoms with Crippen LogP contribution in [0.15, 0.2) is 109 Å². The fraction of sp³-hybridized carbons (Fsp3) is 0.432. The van der Waals surface area contributed by atoms with E-state index in [1.807, 2.05) is 99.2 Å². The Bertz CT molecular complexity index is 4190. The third-order valence-electron chi connectivity index (χ3n) is 20.8. The largest absolute Gasteiger partial charge is 0.444 e. The van der Waals surface area contributed by atoms with Crippen molar-refractivity contribution in [1.29, 1.82) is 0 Å². The lowest BCUT2D eigenvalue weighted by molar-refractivity contribution is -0.121. The Kier molecular flexibility index (Phi) is 17.2. The Morgan fingerprint density at radius 3 is 1.25 bits per heavy atom. The van der Waals surface area contributed by atoms with E-state index in [2.05, 4.69) is 40.4 Å². The van der Waals surface area contributed by atoms with Gasteiger partial charge in [-0.15, -0.1) is 22.7 Å². The van der Waals surface area contributed by atoms with Crippen molar-refractivity contribution in [3.63, 3.8) is 0 Å². The van der Waals surface area contributed by atoms with Gasteiger partial charge in [-0.05, 0) is 164 Å². The van der Waals surface area contributed by atoms with Gasteiger partial charge in [0.05, 0.1) is 37.1 Å². The molecule has 12 heterocycles. The number of fused-ring (bicyclic) bond motifs is 4. The lowest BCUT2D eigenvalue weighted by Crippen LogP contribution is -2.62. The maximum atomic E-state index is 15.8. The van der Waals surface area contributed by atoms with Crippen molar-refractivity contribution in [2.45, 2.75) is 142 Å². The molecule has 8 aliphatic rings. The molecule has 0 bridgehead atoms. The zero-order valence-corrected chi connectivity index (χ0v) is 58.5. The molecule has 4 saturated heterocycles. The topological polar surface area (TPSA) is 226 Å². The Hall–Kier alpha value is -9.56. The monoisotopic (exact) mass is 1390 g/mol. The number of carbonyl (C=O) groups is 6. The molecule has 0 saturated carbocycles. The van der Waals surface area contributed by atoms with Gasteiger partial charge in [0.25, 0.3) is 23.6 Å². The molecule has 4 fully saturated rings. The average Bonchev–Trinajstić information content (AvgIpc) is 1.10. The van der Waals surface area contributed by atoms with Crippen LogP contribution in [0.2, 0.25) is 0 Å². The molecule has 26 heteroatoms. The second-order valence-electron chi connectivity index (χ2n) is 29.8. The molecule has 8 aliphatic heterocycles. The van der Waals surface area contributed by atoms with E-state index >= 15 is 8.78 Å². The highest BCUT2D eigenvalue weighted by Gasteiger charge is 2.50. The van der Waals surface area contributed by atoms with Crippen LogP contribution >= 0.6 is 22.7 Å². The van der Waals surface area contributed by atoms with E-state index in [-0.39, 0.29) is 58.4 Å². The second kappa shape index (κ2) is 25.9. The summed E-state index contributed by atoms with van der Waals surface area (Å²) in [5, 5.41) is 10.1. The number of ether oxygens (including phenoxy) is 2. The minimum Gasteiger partial charge on any atom is -0.444 e. The summed E-state index contributed by atoms with van der Waals surface area (Å²) in [6.45, 7) is 19.3. The molecular formula is C74H80F2N14O8S2. The summed E-state index contributed by atoms with van der Waals surface area (Å²) < 4.78 is 46.7. The molecule has 16 rings (SSSR count). The van der Waals surface area contributed by atoms with Gasteiger partial charge in [-0.1, -0.05) is 24.3 Å². The van der Waals surface area contributed by atoms with E-state index in [1.165, 1.54) is 44.6 Å². The molecule has 520 valence electrons. The van der Waals surface area contributed by atoms with Gasteiger partial charge in [0, 0.05) is 144 Å². The van der Waals surface area contributed by atoms with E-state index in [0.717, 1.165) is 151 Å². The fourth-order valence-electron chi connectivity index (χ4n) is 15.6. The molecule has 0 aliphatic carbocycles. The Balaban J connectivity index is 0.000000162. The van der Waals surface area contributed by atoms with Crippen LogP contribution in [0.5, 0.6) is 0 Å². The molecular weight excluding hydrogens is 1320 g/mol. The first-order valence-corrected chi connectivity index (χ1v) is 36.1. The van der Waals surface area contributed by atoms with Crippen molar-refractivity contribution < 1.29 is 47.0 Å². The van der Waals surface area contributed by atoms with Crippen LogP contribution in [0.3, 0.4) is 0 Å². The molecule has 2 spiro atoms. The van der Waals surface area contributed by atoms with E-state index in [9.17, 15) is 28.8 Å². The first kappa shape index (κ1) is 66.3. The number of aryl methyl sites for hydroxylation is 2. The number of benzene rings is 4. The fourth-order valence-corrected chi connectivity index (χ4v) is 16.7. The molecule has 0 radical (unpaired) electrons. The summed E-state index contributed by atoms with van der Waals surface area (Å²) in [5.41, 5.74) is 8.23. The number of piperidine rings is 2. The van der Waals surface area contributed by atoms with Crippen LogP contribution in [0.25, 0.3) is 22.3 Å². The van der Waals surface area contributed by atoms with Gasteiger partial charge in [0.15, 0.2) is 22.3 Å². The third-order valence-corrected chi connectivity index (χ3v) is 22.1. The first-order valence-electron chi connectivity index (χ1n) is 34.4. The molecule has 4 aromatic carbocycles. The predicted octanol–water partition coefficient (Wildman–Crippen LogP) is 12.5. The summed E-state index contributed by atoms with van der Waals surface area (Å²) in [5.74, 6) is -2.61. The minimum absolute atomic E-state index is 0.0343. The number of likely N-dealkylation sites (tertiary alicyclic amines) is 2. The van der Waals surface area contributed by atoms with Crippen LogP contribution in [-0.2, 0) is 58.1 Å². The standard InChI is InChI=1S/2C37H40FN7O4S/c2*1-36(2,3)49-35(48)44-20-37(21-44)10-14-42(15-11-37)25-8-6-23(7-9-25)24-17-26-27(28(38)18-24)19-45(33(26)47)31(32(46)41-34-39-12-16-50-34)30-29-5-4-13-43(29)22-40-30/h2*6-9,12,16-18,22,31H,4-5,10-11,13-15,19-21H2,1-3H3,(H,39,41,46). The normalized spacial score (nSPS) is 18.6. The van der Waals surface area contributed by atoms with Crippen molar-refractivity contribution in [3.05, 3.63) is 165 Å². The molecule has 2 unspecified atom stereocenters. The first-order chi connectivity index (χ1) is 47.9. The molecule has 2 atom stereocenters. The number of thiazole rings is 2. The number of nitrogens with zero attached hydrogens (tertiary/aromatic N) is 12. The smallest absolute Gasteiger partial charge is 0.410 e. The number of amides is 6. The number of nitrogens with one attached hydrogen (secondary N) is 2. The minimum atomic E-state index is -1.03. The van der Waals surface area contributed by atoms with Gasteiger partial charge in [-0.2, -0.15) is 0 Å². The Morgan fingerprint density at radius 1 is 0.520 bits per heavy atom. The Labute approximate surface area is 586 Å². The van der Waals surface area contributed by atoms with Gasteiger partial charge in [0.2, 0.25) is 0 Å². The van der Waals surface area contributed by atoms with Crippen LogP contribution in [0, 0.1) is 22.5 Å². The van der Waals surface area contributed by atoms with Crippen molar-refractivity contribution in [1.82, 2.24) is 48.7 Å². The highest BCUT2D eigenvalue weighted by molar-refractivity contribution is 7.14. The van der Waals surface area contributed by atoms with Gasteiger partial charge >= 0.3 is 12.2 Å². The SMILES string of the molecule is CC(C)(C)OC(=O)N1CC2(CCN(c3ccc(-c4cc(F)c5c(c4)C(=O)N(C(C(=O)Nc4nccs4)c4ncn6c4CCC6)C5)cc3)CC2)C1.CC(C)(C)OC(=O)N1CC2(CCN(c3ccc(-c4cc(F)c5c(c4)C(=O)N(C(C(=O)Nc4nccs4)c4ncn6c4CCC6)C5)cc3)CC2)C1. The van der Waals surface area contributed by atoms with E-state index < -0.39 is 58.5 Å². The number of hydrogen-bond acceptors (Lipinski definition) is 16. The van der Waals surface area contributed by atoms with Gasteiger partial charge < -0.3 is 48.0 Å². The number of anilines is 4. The number of carbonyl (C=O) groups excluding carboxylic acids is 6. The lowest BCUT2D eigenvalue weighted by atomic mass is 9.72. The number of aromatic nitrogens is 6. The Morgan fingerprint density at radius 2 is 0.900 bits per heavy atom. The lowest BCUT2D eigenvalue weighted by Gasteiger charge is -2.54. The second-order valence-corrected chi connectivity index (χ2v) is 31.6. The summed E-state index contributed by atoms with van der Waals surface area (Å²) in [6.07, 6.45) is 13.5. The van der Waals surface area contributed by atoms with Crippen molar-refractivity contribution in [3.8, 4) is 22.3 Å². The number of halogens is 2. The zero-order valence-electron chi connectivity index (χ0n) is 56.9. The molecule has 2 N–H and O–H groups in total. The summed E-state index contributed by atoms with van der Waals surface area (Å²) in [7, 11) is 0. The van der Waals surface area contributed by atoms with Crippen molar-refractivity contribution in [2.75, 3.05) is 72.8 Å². The molecule has 4 aromatic heterocycles. The van der Waals surface area contributed by atoms with Crippen LogP contribution < -0.4 is 20.4 Å². The average molecular weight is 1400 g/mol. The number of rotatable bonds is 12. The maximum Gasteiger partial charge on any atom is 0.410 e. The number of hydrogen-bond donors (Lipinski definition) is 2. The van der Waals surface area contributed by atoms with Gasteiger partial charge in [0.1, 0.15) is 22.8 Å². The highest BCUT2D eigenvalue weighted by Crippen LogP contribution is 2.46. The van der Waals surface area contributed by atoms with Crippen LogP contribution in [0.4, 0.5) is 40.0 Å². The third kappa shape index (κ3) is 13.0. The van der Waals surface area contributed by atoms with Crippen LogP contribution in [-0.4, -0.2) is 148 Å². The molecule has 100 heavy (non-hydrogen) atoms. The van der Waals surface area contributed by atoms with E-state index in [4.69, 9.17) is 9.47 Å². The summed E-state index contributed by atoms with van der Waals surface area (Å²) >= 11 is 2.58. The summed E-state index contributed by atoms with van der Waals surface area (Å²) in [4.78, 5) is 109. The van der Waals surface area contributed by atoms with Crippen LogP contribution in [0.1, 0.15) is 147 Å². The van der Waals surface area contributed by atoms with Crippen molar-refractivity contribution in [2.24, 2.45) is 10.8 Å². The van der Waals surface area contributed by atoms with Gasteiger partial charge in [-0.3, -0.25) is 29.8 Å². The predicted molar refractivity (Wildman–Crippen MR) is 375 cm³/mol. The van der Waals surface area contributed by atoms with E-state index in [0.29, 0.717) is 32.8 Å². The quantitative estimate of drug-likeness (QED) is 0.116. The molecule has 8 aromatic rings. The zero-order chi connectivity index (χ0) is 69.6. The van der Waals surface area contributed by atoms with E-state index in [1.54, 1.807) is 57.7 Å². The highest BCUT2D eigenvalue weighted by atomic mass is 32.1. The molecule has 22 nitrogen and oxygen atoms in total. The molecule has 6 amide bonds. The number of imidazole rings is 2. The van der Waals surface area contributed by atoms with Crippen molar-refractivity contribution >= 4 is 80.1 Å². The maximum absolute atomic E-state index is 15.8. The van der Waals surface area contributed by atoms with Gasteiger partial charge in [-0.25, -0.2) is 38.3 Å². The summed E-state index contributed by atoms with van der Waals surface area (Å²) in [6, 6.07) is 20.4.